The largest absolute Gasteiger partial charge is 0.452 e. The van der Waals surface area contributed by atoms with Gasteiger partial charge in [-0.2, -0.15) is 0 Å². The first-order valence-corrected chi connectivity index (χ1v) is 10.6. The van der Waals surface area contributed by atoms with Gasteiger partial charge in [0.1, 0.15) is 0 Å². The van der Waals surface area contributed by atoms with E-state index in [-0.39, 0.29) is 11.3 Å². The molecule has 0 saturated carbocycles. The van der Waals surface area contributed by atoms with Crippen LogP contribution in [0.1, 0.15) is 10.4 Å². The number of nitrogens with one attached hydrogen (secondary N) is 2. The number of ether oxygens (including phenoxy) is 1. The van der Waals surface area contributed by atoms with Crippen molar-refractivity contribution in [3.63, 3.8) is 0 Å². The van der Waals surface area contributed by atoms with E-state index in [1.807, 2.05) is 18.4 Å². The number of carbonyl (C=O) groups excluding carboxylic acids is 2. The fourth-order valence-corrected chi connectivity index (χ4v) is 3.02. The first-order chi connectivity index (χ1) is 12.3. The van der Waals surface area contributed by atoms with E-state index in [9.17, 15) is 18.0 Å². The Balaban J connectivity index is 1.96. The first-order valence-electron chi connectivity index (χ1n) is 7.46. The third-order valence-electron chi connectivity index (χ3n) is 3.15. The van der Waals surface area contributed by atoms with Crippen LogP contribution in [0.25, 0.3) is 0 Å². The number of anilines is 2. The quantitative estimate of drug-likeness (QED) is 0.553. The van der Waals surface area contributed by atoms with E-state index in [1.165, 1.54) is 12.1 Å². The normalized spacial score (nSPS) is 10.8. The van der Waals surface area contributed by atoms with Gasteiger partial charge in [-0.15, -0.1) is 11.8 Å². The standard InChI is InChI=1S/C17H18N2O5S2/c1-25-13-9-7-12(8-10-13)18-16(20)11-24-17(21)14-5-3-4-6-15(14)19-26(2,22)23/h3-10,19H,11H2,1-2H3,(H,18,20). The fourth-order valence-electron chi connectivity index (χ4n) is 2.03. The van der Waals surface area contributed by atoms with Gasteiger partial charge in [-0.1, -0.05) is 12.1 Å². The molecule has 0 saturated heterocycles. The molecular formula is C17H18N2O5S2. The van der Waals surface area contributed by atoms with Crippen molar-refractivity contribution in [2.45, 2.75) is 4.90 Å². The molecule has 26 heavy (non-hydrogen) atoms. The summed E-state index contributed by atoms with van der Waals surface area (Å²) in [6, 6.07) is 13.2. The Morgan fingerprint density at radius 1 is 1.08 bits per heavy atom. The first kappa shape index (κ1) is 19.8. The number of rotatable bonds is 7. The van der Waals surface area contributed by atoms with Crippen molar-refractivity contribution < 1.29 is 22.7 Å². The molecule has 0 aliphatic heterocycles. The van der Waals surface area contributed by atoms with Gasteiger partial charge in [0, 0.05) is 10.6 Å². The zero-order valence-electron chi connectivity index (χ0n) is 14.2. The molecule has 0 fully saturated rings. The van der Waals surface area contributed by atoms with Crippen molar-refractivity contribution in [3.05, 3.63) is 54.1 Å². The second-order valence-electron chi connectivity index (χ2n) is 5.27. The maximum absolute atomic E-state index is 12.2. The van der Waals surface area contributed by atoms with E-state index in [4.69, 9.17) is 4.74 Å². The Labute approximate surface area is 156 Å². The van der Waals surface area contributed by atoms with Crippen LogP contribution in [0.15, 0.2) is 53.4 Å². The summed E-state index contributed by atoms with van der Waals surface area (Å²) < 4.78 is 29.9. The van der Waals surface area contributed by atoms with Crippen LogP contribution in [0, 0.1) is 0 Å². The lowest BCUT2D eigenvalue weighted by Gasteiger charge is -2.10. The summed E-state index contributed by atoms with van der Waals surface area (Å²) in [4.78, 5) is 25.1. The lowest BCUT2D eigenvalue weighted by atomic mass is 10.2. The molecule has 0 heterocycles. The SMILES string of the molecule is CSc1ccc(NC(=O)COC(=O)c2ccccc2NS(C)(=O)=O)cc1. The molecule has 0 aliphatic carbocycles. The van der Waals surface area contributed by atoms with Crippen LogP contribution in [-0.2, 0) is 19.6 Å². The molecule has 2 rings (SSSR count). The number of carbonyl (C=O) groups is 2. The summed E-state index contributed by atoms with van der Waals surface area (Å²) in [5, 5.41) is 2.62. The van der Waals surface area contributed by atoms with Crippen molar-refractivity contribution >= 4 is 45.0 Å². The number of esters is 1. The molecule has 0 aromatic heterocycles. The Kier molecular flexibility index (Phi) is 6.64. The third kappa shape index (κ3) is 6.08. The molecule has 2 N–H and O–H groups in total. The maximum Gasteiger partial charge on any atom is 0.340 e. The molecular weight excluding hydrogens is 376 g/mol. The Morgan fingerprint density at radius 3 is 2.35 bits per heavy atom. The number of benzene rings is 2. The number of sulfonamides is 1. The van der Waals surface area contributed by atoms with E-state index in [2.05, 4.69) is 10.0 Å². The molecule has 138 valence electrons. The topological polar surface area (TPSA) is 102 Å². The van der Waals surface area contributed by atoms with Crippen LogP contribution in [0.3, 0.4) is 0 Å². The number of thioether (sulfide) groups is 1. The summed E-state index contributed by atoms with van der Waals surface area (Å²) >= 11 is 1.58. The van der Waals surface area contributed by atoms with E-state index in [1.54, 1.807) is 36.0 Å². The molecule has 0 radical (unpaired) electrons. The monoisotopic (exact) mass is 394 g/mol. The minimum absolute atomic E-state index is 0.0232. The third-order valence-corrected chi connectivity index (χ3v) is 4.48. The molecule has 2 aromatic carbocycles. The van der Waals surface area contributed by atoms with Crippen molar-refractivity contribution in [2.24, 2.45) is 0 Å². The highest BCUT2D eigenvalue weighted by atomic mass is 32.2. The predicted molar refractivity (Wildman–Crippen MR) is 102 cm³/mol. The summed E-state index contributed by atoms with van der Waals surface area (Å²) in [7, 11) is -3.55. The molecule has 0 unspecified atom stereocenters. The molecule has 9 heteroatoms. The van der Waals surface area contributed by atoms with Crippen LogP contribution >= 0.6 is 11.8 Å². The van der Waals surface area contributed by atoms with E-state index < -0.39 is 28.5 Å². The van der Waals surface area contributed by atoms with Crippen molar-refractivity contribution in [2.75, 3.05) is 29.2 Å². The zero-order chi connectivity index (χ0) is 19.2. The molecule has 1 amide bonds. The van der Waals surface area contributed by atoms with E-state index in [0.29, 0.717) is 5.69 Å². The van der Waals surface area contributed by atoms with Gasteiger partial charge in [0.15, 0.2) is 6.61 Å². The smallest absolute Gasteiger partial charge is 0.340 e. The van der Waals surface area contributed by atoms with Crippen LogP contribution in [0.4, 0.5) is 11.4 Å². The molecule has 7 nitrogen and oxygen atoms in total. The molecule has 0 bridgehead atoms. The summed E-state index contributed by atoms with van der Waals surface area (Å²) in [6.07, 6.45) is 2.92. The van der Waals surface area contributed by atoms with Gasteiger partial charge in [0.05, 0.1) is 17.5 Å². The highest BCUT2D eigenvalue weighted by molar-refractivity contribution is 7.98. The van der Waals surface area contributed by atoms with Gasteiger partial charge in [-0.05, 0) is 42.7 Å². The lowest BCUT2D eigenvalue weighted by Crippen LogP contribution is -2.21. The number of amides is 1. The van der Waals surface area contributed by atoms with E-state index >= 15 is 0 Å². The van der Waals surface area contributed by atoms with Crippen molar-refractivity contribution in [1.82, 2.24) is 0 Å². The van der Waals surface area contributed by atoms with Crippen molar-refractivity contribution in [3.8, 4) is 0 Å². The second-order valence-corrected chi connectivity index (χ2v) is 7.90. The maximum atomic E-state index is 12.2. The van der Waals surface area contributed by atoms with Gasteiger partial charge < -0.3 is 10.1 Å². The Hall–Kier alpha value is -2.52. The van der Waals surface area contributed by atoms with Crippen LogP contribution in [0.5, 0.6) is 0 Å². The number of hydrogen-bond donors (Lipinski definition) is 2. The summed E-state index contributed by atoms with van der Waals surface area (Å²) in [6.45, 7) is -0.490. The van der Waals surface area contributed by atoms with E-state index in [0.717, 1.165) is 11.2 Å². The van der Waals surface area contributed by atoms with Gasteiger partial charge in [-0.3, -0.25) is 9.52 Å². The van der Waals surface area contributed by atoms with Gasteiger partial charge in [0.25, 0.3) is 5.91 Å². The Morgan fingerprint density at radius 2 is 1.73 bits per heavy atom. The summed E-state index contributed by atoms with van der Waals surface area (Å²) in [5.74, 6) is -1.30. The Bertz CT molecular complexity index is 896. The fraction of sp³-hybridized carbons (Fsp3) is 0.176. The van der Waals surface area contributed by atoms with Crippen LogP contribution in [-0.4, -0.2) is 39.4 Å². The second kappa shape index (κ2) is 8.72. The molecule has 0 spiro atoms. The van der Waals surface area contributed by atoms with Crippen molar-refractivity contribution in [1.29, 1.82) is 0 Å². The van der Waals surface area contributed by atoms with Gasteiger partial charge in [-0.25, -0.2) is 13.2 Å². The average molecular weight is 394 g/mol. The minimum Gasteiger partial charge on any atom is -0.452 e. The zero-order valence-corrected chi connectivity index (χ0v) is 15.8. The number of hydrogen-bond acceptors (Lipinski definition) is 6. The highest BCUT2D eigenvalue weighted by Gasteiger charge is 2.16. The molecule has 0 aliphatic rings. The molecule has 2 aromatic rings. The van der Waals surface area contributed by atoms with Gasteiger partial charge >= 0.3 is 5.97 Å². The molecule has 0 atom stereocenters. The highest BCUT2D eigenvalue weighted by Crippen LogP contribution is 2.18. The predicted octanol–water partition coefficient (Wildman–Crippen LogP) is 2.58. The van der Waals surface area contributed by atoms with Gasteiger partial charge in [0.2, 0.25) is 10.0 Å². The summed E-state index contributed by atoms with van der Waals surface area (Å²) in [5.41, 5.74) is 0.700. The number of para-hydroxylation sites is 1. The van der Waals surface area contributed by atoms with Crippen LogP contribution < -0.4 is 10.0 Å². The minimum atomic E-state index is -3.55. The van der Waals surface area contributed by atoms with Crippen LogP contribution in [0.2, 0.25) is 0 Å². The average Bonchev–Trinajstić information content (AvgIpc) is 2.59. The lowest BCUT2D eigenvalue weighted by molar-refractivity contribution is -0.119.